The second kappa shape index (κ2) is 9.88. The predicted molar refractivity (Wildman–Crippen MR) is 161 cm³/mol. The molecule has 0 aliphatic carbocycles. The summed E-state index contributed by atoms with van der Waals surface area (Å²) in [6.07, 6.45) is 8.50. The third-order valence-electron chi connectivity index (χ3n) is 7.84. The number of hydrogen-bond donors (Lipinski definition) is 0. The summed E-state index contributed by atoms with van der Waals surface area (Å²) in [7, 11) is 4.28. The smallest absolute Gasteiger partial charge is 0.457 e. The van der Waals surface area contributed by atoms with E-state index in [1.807, 2.05) is 12.1 Å². The Kier molecular flexibility index (Phi) is 6.38. The van der Waals surface area contributed by atoms with Gasteiger partial charge in [0.2, 0.25) is 0 Å². The SMILES string of the molecule is CC(C)c1cccc(C(C)C)c1B1N(C)c2ccc(Oc3cccc(N4C=CN(C)C4)c3)cc2-n2ccc[n+]21. The third-order valence-corrected chi connectivity index (χ3v) is 7.84. The lowest BCUT2D eigenvalue weighted by Crippen LogP contribution is -2.74. The van der Waals surface area contributed by atoms with Crippen LogP contribution in [0.4, 0.5) is 11.4 Å². The van der Waals surface area contributed by atoms with Crippen molar-refractivity contribution in [2.24, 2.45) is 0 Å². The number of aromatic nitrogens is 2. The Labute approximate surface area is 232 Å². The number of rotatable bonds is 6. The van der Waals surface area contributed by atoms with Gasteiger partial charge in [-0.25, -0.2) is 0 Å². The van der Waals surface area contributed by atoms with Gasteiger partial charge in [-0.15, -0.1) is 4.68 Å². The first kappa shape index (κ1) is 25.2. The first-order valence-electron chi connectivity index (χ1n) is 13.8. The average molecular weight is 518 g/mol. The summed E-state index contributed by atoms with van der Waals surface area (Å²) >= 11 is 0. The van der Waals surface area contributed by atoms with Crippen molar-refractivity contribution in [3.63, 3.8) is 0 Å². The van der Waals surface area contributed by atoms with Crippen molar-refractivity contribution in [3.05, 3.63) is 103 Å². The zero-order valence-corrected chi connectivity index (χ0v) is 23.7. The van der Waals surface area contributed by atoms with E-state index in [9.17, 15) is 0 Å². The molecule has 0 unspecified atom stereocenters. The molecule has 0 saturated heterocycles. The summed E-state index contributed by atoms with van der Waals surface area (Å²) in [6, 6.07) is 23.6. The predicted octanol–water partition coefficient (Wildman–Crippen LogP) is 5.68. The van der Waals surface area contributed by atoms with Crippen LogP contribution in [-0.4, -0.2) is 37.3 Å². The first-order valence-corrected chi connectivity index (χ1v) is 13.8. The molecule has 0 saturated carbocycles. The number of fused-ring (bicyclic) bond motifs is 3. The summed E-state index contributed by atoms with van der Waals surface area (Å²) in [5.41, 5.74) is 7.60. The monoisotopic (exact) mass is 518 g/mol. The molecule has 0 spiro atoms. The van der Waals surface area contributed by atoms with E-state index in [-0.39, 0.29) is 6.98 Å². The van der Waals surface area contributed by atoms with Crippen LogP contribution >= 0.6 is 0 Å². The van der Waals surface area contributed by atoms with Crippen LogP contribution in [0.5, 0.6) is 11.5 Å². The number of nitrogens with zero attached hydrogens (tertiary/aromatic N) is 5. The van der Waals surface area contributed by atoms with Crippen molar-refractivity contribution in [1.82, 2.24) is 9.58 Å². The standard InChI is InChI=1S/C32H37BN5O/c1-23(2)28-12-8-13-29(24(3)4)32(28)33-35(6)30-15-14-27(21-31(30)37-16-9-17-38(33)37)39-26-11-7-10-25(20-26)36-19-18-34(5)22-36/h7-21,23-24H,22H2,1-6H3/q+1. The van der Waals surface area contributed by atoms with E-state index in [0.717, 1.165) is 29.5 Å². The Morgan fingerprint density at radius 3 is 2.21 bits per heavy atom. The minimum absolute atomic E-state index is 0.0543. The fourth-order valence-corrected chi connectivity index (χ4v) is 5.91. The maximum atomic E-state index is 6.41. The Morgan fingerprint density at radius 2 is 1.51 bits per heavy atom. The Hall–Kier alpha value is -4.13. The zero-order chi connectivity index (χ0) is 27.3. The molecule has 3 aromatic carbocycles. The molecule has 6 rings (SSSR count). The van der Waals surface area contributed by atoms with Crippen LogP contribution < -0.4 is 24.5 Å². The van der Waals surface area contributed by atoms with Crippen LogP contribution in [0.2, 0.25) is 0 Å². The van der Waals surface area contributed by atoms with Crippen molar-refractivity contribution >= 4 is 23.8 Å². The molecule has 0 fully saturated rings. The molecule has 7 heteroatoms. The molecule has 3 heterocycles. The van der Waals surface area contributed by atoms with E-state index in [2.05, 4.69) is 145 Å². The summed E-state index contributed by atoms with van der Waals surface area (Å²) in [5, 5.41) is 0. The van der Waals surface area contributed by atoms with E-state index >= 15 is 0 Å². The van der Waals surface area contributed by atoms with Gasteiger partial charge in [0.1, 0.15) is 17.2 Å². The van der Waals surface area contributed by atoms with E-state index in [0.29, 0.717) is 11.8 Å². The molecule has 1 aromatic heterocycles. The lowest BCUT2D eigenvalue weighted by Gasteiger charge is -2.31. The normalized spacial score (nSPS) is 14.5. The van der Waals surface area contributed by atoms with E-state index in [1.54, 1.807) is 0 Å². The molecule has 0 bridgehead atoms. The van der Waals surface area contributed by atoms with Crippen LogP contribution in [-0.2, 0) is 0 Å². The summed E-state index contributed by atoms with van der Waals surface area (Å²) in [5.74, 6) is 2.50. The van der Waals surface area contributed by atoms with Crippen LogP contribution in [0.1, 0.15) is 50.7 Å². The van der Waals surface area contributed by atoms with Crippen molar-refractivity contribution in [2.75, 3.05) is 30.5 Å². The van der Waals surface area contributed by atoms with Gasteiger partial charge in [-0.05, 0) is 47.2 Å². The van der Waals surface area contributed by atoms with Crippen molar-refractivity contribution in [2.45, 2.75) is 39.5 Å². The second-order valence-corrected chi connectivity index (χ2v) is 11.3. The van der Waals surface area contributed by atoms with Gasteiger partial charge in [-0.2, -0.15) is 4.59 Å². The van der Waals surface area contributed by atoms with Gasteiger partial charge in [-0.1, -0.05) is 52.0 Å². The molecule has 2 aliphatic rings. The van der Waals surface area contributed by atoms with Gasteiger partial charge >= 0.3 is 6.98 Å². The lowest BCUT2D eigenvalue weighted by molar-refractivity contribution is -0.621. The van der Waals surface area contributed by atoms with Crippen LogP contribution in [0.15, 0.2) is 91.5 Å². The van der Waals surface area contributed by atoms with Crippen LogP contribution in [0.25, 0.3) is 5.69 Å². The Bertz CT molecular complexity index is 1520. The topological polar surface area (TPSA) is 27.8 Å². The molecule has 198 valence electrons. The number of ether oxygens (including phenoxy) is 1. The molecule has 6 nitrogen and oxygen atoms in total. The van der Waals surface area contributed by atoms with Gasteiger partial charge in [0.05, 0.1) is 18.6 Å². The molecule has 0 radical (unpaired) electrons. The average Bonchev–Trinajstić information content (AvgIpc) is 3.58. The minimum Gasteiger partial charge on any atom is -0.457 e. The second-order valence-electron chi connectivity index (χ2n) is 11.3. The highest BCUT2D eigenvalue weighted by Crippen LogP contribution is 2.34. The molecule has 2 aliphatic heterocycles. The molecule has 0 amide bonds. The summed E-state index contributed by atoms with van der Waals surface area (Å²) in [6.45, 7) is 10.1. The lowest BCUT2D eigenvalue weighted by atomic mass is 9.59. The third kappa shape index (κ3) is 4.46. The fraction of sp³-hybridized carbons (Fsp3) is 0.281. The fourth-order valence-electron chi connectivity index (χ4n) is 5.91. The van der Waals surface area contributed by atoms with Gasteiger partial charge in [-0.3, -0.25) is 0 Å². The van der Waals surface area contributed by atoms with Crippen LogP contribution in [0.3, 0.4) is 0 Å². The molecular formula is C32H37BN5O+. The maximum Gasteiger partial charge on any atom is 0.677 e. The zero-order valence-electron chi connectivity index (χ0n) is 23.7. The van der Waals surface area contributed by atoms with Crippen molar-refractivity contribution in [3.8, 4) is 17.2 Å². The molecular weight excluding hydrogens is 481 g/mol. The quantitative estimate of drug-likeness (QED) is 0.307. The number of benzene rings is 3. The van der Waals surface area contributed by atoms with Gasteiger partial charge in [0, 0.05) is 55.8 Å². The molecule has 39 heavy (non-hydrogen) atoms. The van der Waals surface area contributed by atoms with Crippen molar-refractivity contribution < 1.29 is 9.33 Å². The van der Waals surface area contributed by atoms with Gasteiger partial charge < -0.3 is 19.3 Å². The van der Waals surface area contributed by atoms with E-state index < -0.39 is 0 Å². The summed E-state index contributed by atoms with van der Waals surface area (Å²) in [4.78, 5) is 6.76. The minimum atomic E-state index is 0.0543. The Balaban J connectivity index is 1.37. The highest BCUT2D eigenvalue weighted by atomic mass is 16.5. The summed E-state index contributed by atoms with van der Waals surface area (Å²) < 4.78 is 11.0. The van der Waals surface area contributed by atoms with E-state index in [1.165, 1.54) is 22.3 Å². The first-order chi connectivity index (χ1) is 18.8. The van der Waals surface area contributed by atoms with E-state index in [4.69, 9.17) is 4.74 Å². The highest BCUT2D eigenvalue weighted by molar-refractivity contribution is 6.70. The maximum absolute atomic E-state index is 6.41. The molecule has 0 N–H and O–H groups in total. The van der Waals surface area contributed by atoms with Crippen molar-refractivity contribution in [1.29, 1.82) is 0 Å². The van der Waals surface area contributed by atoms with Gasteiger partial charge in [0.25, 0.3) is 0 Å². The highest BCUT2D eigenvalue weighted by Gasteiger charge is 2.48. The largest absolute Gasteiger partial charge is 0.677 e. The molecule has 0 atom stereocenters. The van der Waals surface area contributed by atoms with Gasteiger partial charge in [0.15, 0.2) is 6.20 Å². The Morgan fingerprint density at radius 1 is 0.795 bits per heavy atom. The number of hydrogen-bond acceptors (Lipinski definition) is 4. The van der Waals surface area contributed by atoms with Crippen LogP contribution in [0, 0.1) is 0 Å². The molecule has 4 aromatic rings. The number of anilines is 2.